The number of nitrogens with one attached hydrogen (secondary N) is 1. The average Bonchev–Trinajstić information content (AvgIpc) is 3.15. The highest BCUT2D eigenvalue weighted by Crippen LogP contribution is 2.32. The maximum absolute atomic E-state index is 5.59. The van der Waals surface area contributed by atoms with Crippen molar-refractivity contribution in [1.82, 2.24) is 19.9 Å². The molecule has 0 aliphatic carbocycles. The molecular formula is C16H21N5O. The summed E-state index contributed by atoms with van der Waals surface area (Å²) < 4.78 is 5.59. The minimum Gasteiger partial charge on any atom is -0.380 e. The number of nitrogens with zero attached hydrogens (tertiary/aromatic N) is 4. The molecule has 0 bridgehead atoms. The van der Waals surface area contributed by atoms with Gasteiger partial charge in [-0.25, -0.2) is 9.97 Å². The molecule has 116 valence electrons. The third kappa shape index (κ3) is 2.48. The van der Waals surface area contributed by atoms with E-state index in [1.54, 1.807) is 7.11 Å². The van der Waals surface area contributed by atoms with E-state index in [1.807, 2.05) is 24.7 Å². The average molecular weight is 299 g/mol. The second kappa shape index (κ2) is 5.70. The molecule has 0 spiro atoms. The van der Waals surface area contributed by atoms with E-state index >= 15 is 0 Å². The highest BCUT2D eigenvalue weighted by atomic mass is 16.5. The van der Waals surface area contributed by atoms with Gasteiger partial charge in [0.05, 0.1) is 12.6 Å². The number of anilines is 1. The first kappa shape index (κ1) is 13.7. The van der Waals surface area contributed by atoms with Crippen molar-refractivity contribution < 1.29 is 4.74 Å². The lowest BCUT2D eigenvalue weighted by atomic mass is 10.2. The lowest BCUT2D eigenvalue weighted by molar-refractivity contribution is 0.115. The van der Waals surface area contributed by atoms with Crippen molar-refractivity contribution in [2.24, 2.45) is 0 Å². The summed E-state index contributed by atoms with van der Waals surface area (Å²) in [4.78, 5) is 17.1. The molecule has 6 heteroatoms. The fraction of sp³-hybridized carbons (Fsp3) is 0.500. The fourth-order valence-electron chi connectivity index (χ4n) is 3.61. The van der Waals surface area contributed by atoms with Crippen molar-refractivity contribution in [3.05, 3.63) is 42.1 Å². The van der Waals surface area contributed by atoms with E-state index < -0.39 is 0 Å². The lowest BCUT2D eigenvalue weighted by Gasteiger charge is -2.26. The van der Waals surface area contributed by atoms with Crippen LogP contribution in [0.1, 0.15) is 17.8 Å². The van der Waals surface area contributed by atoms with E-state index in [0.717, 1.165) is 44.2 Å². The number of fused-ring (bicyclic) bond motifs is 3. The predicted molar refractivity (Wildman–Crippen MR) is 83.5 cm³/mol. The summed E-state index contributed by atoms with van der Waals surface area (Å²) in [7, 11) is 1.80. The highest BCUT2D eigenvalue weighted by Gasteiger charge is 2.37. The molecule has 2 aromatic rings. The maximum atomic E-state index is 5.59. The summed E-state index contributed by atoms with van der Waals surface area (Å²) in [6.45, 7) is 3.69. The van der Waals surface area contributed by atoms with Crippen LogP contribution in [0.15, 0.2) is 30.7 Å². The number of pyridine rings is 1. The molecule has 0 saturated carbocycles. The summed E-state index contributed by atoms with van der Waals surface area (Å²) in [5.74, 6) is 2.13. The Kier molecular flexibility index (Phi) is 3.56. The molecule has 2 atom stereocenters. The van der Waals surface area contributed by atoms with Crippen LogP contribution in [0.25, 0.3) is 0 Å². The van der Waals surface area contributed by atoms with Crippen LogP contribution in [0.2, 0.25) is 0 Å². The SMILES string of the molecule is COC1CC2CN(Cc3ncc[nH]3)Cc3cccnc3N2C1. The number of H-pyrrole nitrogens is 1. The standard InChI is InChI=1S/C16H21N5O/c1-22-14-7-13-9-20(11-15-17-5-6-18-15)8-12-3-2-4-19-16(12)21(13)10-14/h2-6,13-14H,7-11H2,1H3,(H,17,18). The Labute approximate surface area is 130 Å². The Morgan fingerprint density at radius 1 is 1.32 bits per heavy atom. The summed E-state index contributed by atoms with van der Waals surface area (Å²) in [6.07, 6.45) is 6.93. The fourth-order valence-corrected chi connectivity index (χ4v) is 3.61. The van der Waals surface area contributed by atoms with Gasteiger partial charge in [-0.2, -0.15) is 0 Å². The first-order valence-electron chi connectivity index (χ1n) is 7.77. The number of aromatic amines is 1. The van der Waals surface area contributed by atoms with E-state index in [-0.39, 0.29) is 0 Å². The van der Waals surface area contributed by atoms with Gasteiger partial charge in [-0.1, -0.05) is 6.07 Å². The zero-order valence-corrected chi connectivity index (χ0v) is 12.8. The summed E-state index contributed by atoms with van der Waals surface area (Å²) in [6, 6.07) is 4.66. The van der Waals surface area contributed by atoms with E-state index in [9.17, 15) is 0 Å². The zero-order chi connectivity index (χ0) is 14.9. The molecule has 4 rings (SSSR count). The van der Waals surface area contributed by atoms with Crippen molar-refractivity contribution >= 4 is 5.82 Å². The highest BCUT2D eigenvalue weighted by molar-refractivity contribution is 5.50. The Morgan fingerprint density at radius 3 is 3.09 bits per heavy atom. The normalized spacial score (nSPS) is 24.9. The molecule has 0 aromatic carbocycles. The predicted octanol–water partition coefficient (Wildman–Crippen LogP) is 1.41. The number of hydrogen-bond donors (Lipinski definition) is 1. The van der Waals surface area contributed by atoms with Gasteiger partial charge in [-0.15, -0.1) is 0 Å². The Morgan fingerprint density at radius 2 is 2.27 bits per heavy atom. The number of aromatic nitrogens is 3. The molecule has 0 amide bonds. The molecule has 1 fully saturated rings. The monoisotopic (exact) mass is 299 g/mol. The van der Waals surface area contributed by atoms with Crippen LogP contribution < -0.4 is 4.90 Å². The van der Waals surface area contributed by atoms with Gasteiger partial charge in [0.25, 0.3) is 0 Å². The molecule has 1 N–H and O–H groups in total. The Balaban J connectivity index is 1.63. The first-order valence-corrected chi connectivity index (χ1v) is 7.77. The summed E-state index contributed by atoms with van der Waals surface area (Å²) in [5, 5.41) is 0. The Bertz CT molecular complexity index is 629. The van der Waals surface area contributed by atoms with Crippen molar-refractivity contribution in [2.45, 2.75) is 31.7 Å². The van der Waals surface area contributed by atoms with E-state index in [1.165, 1.54) is 5.56 Å². The van der Waals surface area contributed by atoms with E-state index in [4.69, 9.17) is 4.74 Å². The van der Waals surface area contributed by atoms with Gasteiger partial charge in [0, 0.05) is 56.9 Å². The van der Waals surface area contributed by atoms with Crippen LogP contribution >= 0.6 is 0 Å². The molecule has 22 heavy (non-hydrogen) atoms. The summed E-state index contributed by atoms with van der Waals surface area (Å²) >= 11 is 0. The largest absolute Gasteiger partial charge is 0.380 e. The lowest BCUT2D eigenvalue weighted by Crippen LogP contribution is -2.37. The molecule has 2 aromatic heterocycles. The summed E-state index contributed by atoms with van der Waals surface area (Å²) in [5.41, 5.74) is 1.29. The van der Waals surface area contributed by atoms with E-state index in [2.05, 4.69) is 30.8 Å². The molecule has 1 saturated heterocycles. The first-order chi connectivity index (χ1) is 10.8. The minimum absolute atomic E-state index is 0.295. The van der Waals surface area contributed by atoms with Crippen molar-refractivity contribution in [2.75, 3.05) is 25.1 Å². The number of rotatable bonds is 3. The van der Waals surface area contributed by atoms with Crippen molar-refractivity contribution in [1.29, 1.82) is 0 Å². The van der Waals surface area contributed by atoms with Gasteiger partial charge in [0.2, 0.25) is 0 Å². The van der Waals surface area contributed by atoms with Crippen LogP contribution in [0.5, 0.6) is 0 Å². The molecule has 4 heterocycles. The van der Waals surface area contributed by atoms with Crippen molar-refractivity contribution in [3.63, 3.8) is 0 Å². The van der Waals surface area contributed by atoms with Gasteiger partial charge < -0.3 is 14.6 Å². The number of methoxy groups -OCH3 is 1. The van der Waals surface area contributed by atoms with Crippen LogP contribution in [-0.4, -0.2) is 52.2 Å². The number of hydrogen-bond acceptors (Lipinski definition) is 5. The van der Waals surface area contributed by atoms with Crippen LogP contribution in [-0.2, 0) is 17.8 Å². The third-order valence-corrected chi connectivity index (χ3v) is 4.64. The van der Waals surface area contributed by atoms with Gasteiger partial charge in [0.1, 0.15) is 11.6 Å². The molecular weight excluding hydrogens is 278 g/mol. The molecule has 2 unspecified atom stereocenters. The second-order valence-corrected chi connectivity index (χ2v) is 6.09. The molecule has 0 radical (unpaired) electrons. The van der Waals surface area contributed by atoms with Gasteiger partial charge in [-0.05, 0) is 12.5 Å². The molecule has 2 aliphatic heterocycles. The molecule has 2 aliphatic rings. The smallest absolute Gasteiger partial charge is 0.133 e. The number of imidazole rings is 1. The second-order valence-electron chi connectivity index (χ2n) is 6.09. The maximum Gasteiger partial charge on any atom is 0.133 e. The van der Waals surface area contributed by atoms with Gasteiger partial charge in [0.15, 0.2) is 0 Å². The minimum atomic E-state index is 0.295. The van der Waals surface area contributed by atoms with Crippen LogP contribution in [0.3, 0.4) is 0 Å². The number of ether oxygens (including phenoxy) is 1. The Hall–Kier alpha value is -1.92. The van der Waals surface area contributed by atoms with E-state index in [0.29, 0.717) is 12.1 Å². The van der Waals surface area contributed by atoms with Gasteiger partial charge in [-0.3, -0.25) is 4.90 Å². The quantitative estimate of drug-likeness (QED) is 0.929. The topological polar surface area (TPSA) is 57.3 Å². The third-order valence-electron chi connectivity index (χ3n) is 4.64. The van der Waals surface area contributed by atoms with Crippen LogP contribution in [0, 0.1) is 0 Å². The molecule has 6 nitrogen and oxygen atoms in total. The van der Waals surface area contributed by atoms with Crippen LogP contribution in [0.4, 0.5) is 5.82 Å². The van der Waals surface area contributed by atoms with Crippen molar-refractivity contribution in [3.8, 4) is 0 Å². The zero-order valence-electron chi connectivity index (χ0n) is 12.8. The van der Waals surface area contributed by atoms with Gasteiger partial charge >= 0.3 is 0 Å².